The fourth-order valence-corrected chi connectivity index (χ4v) is 4.96. The lowest BCUT2D eigenvalue weighted by Gasteiger charge is -2.04. The molecule has 0 heterocycles. The molecule has 0 bridgehead atoms. The van der Waals surface area contributed by atoms with Crippen molar-refractivity contribution in [2.45, 2.75) is 200 Å². The Morgan fingerprint density at radius 1 is 0.242 bits per heavy atom. The Hall–Kier alpha value is -0.260. The van der Waals surface area contributed by atoms with E-state index in [1.807, 2.05) is 0 Å². The second-order valence-electron chi connectivity index (χ2n) is 10.9. The highest BCUT2D eigenvalue weighted by Crippen LogP contribution is 2.16. The van der Waals surface area contributed by atoms with Crippen molar-refractivity contribution in [3.63, 3.8) is 0 Å². The smallest absolute Gasteiger partial charge is 0.0351 e. The lowest BCUT2D eigenvalue weighted by atomic mass is 10.0. The van der Waals surface area contributed by atoms with Crippen molar-refractivity contribution in [2.75, 3.05) is 0 Å². The molecule has 0 saturated heterocycles. The molecule has 0 aromatic carbocycles. The SMILES string of the molecule is CCCCC=CCCCCCCCCCCCCCCCCCCCCCCCCCCC. The van der Waals surface area contributed by atoms with Gasteiger partial charge >= 0.3 is 0 Å². The molecule has 0 radical (unpaired) electrons. The molecule has 0 saturated carbocycles. The van der Waals surface area contributed by atoms with E-state index in [0.717, 1.165) is 0 Å². The Bertz CT molecular complexity index is 342. The highest BCUT2D eigenvalue weighted by molar-refractivity contribution is 4.81. The lowest BCUT2D eigenvalue weighted by molar-refractivity contribution is 0.516. The van der Waals surface area contributed by atoms with Crippen LogP contribution in [-0.4, -0.2) is 0 Å². The van der Waals surface area contributed by atoms with Crippen molar-refractivity contribution in [1.29, 1.82) is 0 Å². The maximum absolute atomic E-state index is 2.41. The summed E-state index contributed by atoms with van der Waals surface area (Å²) in [6.07, 6.45) is 46.9. The minimum absolute atomic E-state index is 1.29. The summed E-state index contributed by atoms with van der Waals surface area (Å²) < 4.78 is 0. The van der Waals surface area contributed by atoms with Crippen molar-refractivity contribution in [3.8, 4) is 0 Å². The molecule has 0 unspecified atom stereocenters. The first-order valence-corrected chi connectivity index (χ1v) is 16.1. The topological polar surface area (TPSA) is 0 Å². The van der Waals surface area contributed by atoms with Crippen LogP contribution in [0.1, 0.15) is 200 Å². The van der Waals surface area contributed by atoms with Gasteiger partial charge in [-0.05, 0) is 19.3 Å². The van der Waals surface area contributed by atoms with E-state index in [9.17, 15) is 0 Å². The number of unbranched alkanes of at least 4 members (excludes halogenated alkanes) is 27. The number of rotatable bonds is 29. The zero-order valence-electron chi connectivity index (χ0n) is 23.7. The molecule has 0 N–H and O–H groups in total. The van der Waals surface area contributed by atoms with Gasteiger partial charge in [-0.2, -0.15) is 0 Å². The molecule has 0 atom stereocenters. The Labute approximate surface area is 212 Å². The van der Waals surface area contributed by atoms with Crippen molar-refractivity contribution in [2.24, 2.45) is 0 Å². The summed E-state index contributed by atoms with van der Waals surface area (Å²) in [5, 5.41) is 0. The van der Waals surface area contributed by atoms with Gasteiger partial charge in [0.25, 0.3) is 0 Å². The first-order chi connectivity index (χ1) is 16.4. The van der Waals surface area contributed by atoms with Crippen LogP contribution in [0.15, 0.2) is 12.2 Å². The third-order valence-corrected chi connectivity index (χ3v) is 7.37. The van der Waals surface area contributed by atoms with Gasteiger partial charge in [-0.1, -0.05) is 193 Å². The average molecular weight is 463 g/mol. The van der Waals surface area contributed by atoms with Crippen LogP contribution < -0.4 is 0 Å². The van der Waals surface area contributed by atoms with Gasteiger partial charge in [0.15, 0.2) is 0 Å². The van der Waals surface area contributed by atoms with Crippen molar-refractivity contribution in [3.05, 3.63) is 12.2 Å². The van der Waals surface area contributed by atoms with E-state index in [1.54, 1.807) is 0 Å². The second kappa shape index (κ2) is 31.7. The third-order valence-electron chi connectivity index (χ3n) is 7.37. The average Bonchev–Trinajstić information content (AvgIpc) is 2.83. The molecule has 0 nitrogen and oxygen atoms in total. The zero-order chi connectivity index (χ0) is 23.9. The molecule has 0 aliphatic rings. The molecular formula is C33H66. The van der Waals surface area contributed by atoms with Gasteiger partial charge in [-0.15, -0.1) is 0 Å². The van der Waals surface area contributed by atoms with E-state index in [1.165, 1.54) is 186 Å². The zero-order valence-corrected chi connectivity index (χ0v) is 23.7. The van der Waals surface area contributed by atoms with Crippen LogP contribution in [0.2, 0.25) is 0 Å². The molecule has 0 aliphatic heterocycles. The molecule has 0 aromatic heterocycles. The fourth-order valence-electron chi connectivity index (χ4n) is 4.96. The molecule has 0 amide bonds. The second-order valence-corrected chi connectivity index (χ2v) is 10.9. The summed E-state index contributed by atoms with van der Waals surface area (Å²) >= 11 is 0. The van der Waals surface area contributed by atoms with Crippen LogP contribution in [0.3, 0.4) is 0 Å². The molecule has 0 heteroatoms. The number of hydrogen-bond donors (Lipinski definition) is 0. The Morgan fingerprint density at radius 3 is 0.727 bits per heavy atom. The van der Waals surface area contributed by atoms with Crippen LogP contribution in [0.25, 0.3) is 0 Å². The van der Waals surface area contributed by atoms with Gasteiger partial charge < -0.3 is 0 Å². The van der Waals surface area contributed by atoms with Gasteiger partial charge in [-0.3, -0.25) is 0 Å². The van der Waals surface area contributed by atoms with Gasteiger partial charge in [0.05, 0.1) is 0 Å². The van der Waals surface area contributed by atoms with Gasteiger partial charge in [0.2, 0.25) is 0 Å². The monoisotopic (exact) mass is 463 g/mol. The van der Waals surface area contributed by atoms with Crippen LogP contribution in [0.4, 0.5) is 0 Å². The Balaban J connectivity index is 3.02. The maximum Gasteiger partial charge on any atom is -0.0351 e. The summed E-state index contributed by atoms with van der Waals surface area (Å²) in [5.74, 6) is 0. The minimum atomic E-state index is 1.29. The van der Waals surface area contributed by atoms with Gasteiger partial charge in [0, 0.05) is 0 Å². The molecule has 0 fully saturated rings. The van der Waals surface area contributed by atoms with E-state index in [0.29, 0.717) is 0 Å². The largest absolute Gasteiger partial charge is 0.0885 e. The summed E-state index contributed by atoms with van der Waals surface area (Å²) in [5.41, 5.74) is 0. The number of allylic oxidation sites excluding steroid dienone is 2. The quantitative estimate of drug-likeness (QED) is 0.0765. The molecule has 0 spiro atoms. The standard InChI is InChI=1S/C33H66/c1-3-5-7-9-11-13-15-17-19-21-23-25-27-29-31-33-32-30-28-26-24-22-20-18-16-14-12-10-8-6-4-2/h9,11H,3-8,10,12-33H2,1-2H3. The minimum Gasteiger partial charge on any atom is -0.0885 e. The van der Waals surface area contributed by atoms with Crippen LogP contribution >= 0.6 is 0 Å². The highest BCUT2D eigenvalue weighted by Gasteiger charge is 1.96. The molecule has 0 aliphatic carbocycles. The fraction of sp³-hybridized carbons (Fsp3) is 0.939. The van der Waals surface area contributed by atoms with E-state index in [-0.39, 0.29) is 0 Å². The van der Waals surface area contributed by atoms with Crippen molar-refractivity contribution in [1.82, 2.24) is 0 Å². The Morgan fingerprint density at radius 2 is 0.455 bits per heavy atom. The van der Waals surface area contributed by atoms with E-state index < -0.39 is 0 Å². The summed E-state index contributed by atoms with van der Waals surface area (Å²) in [6, 6.07) is 0. The lowest BCUT2D eigenvalue weighted by Crippen LogP contribution is -1.84. The summed E-state index contributed by atoms with van der Waals surface area (Å²) in [4.78, 5) is 0. The molecular weight excluding hydrogens is 396 g/mol. The first-order valence-electron chi connectivity index (χ1n) is 16.1. The molecule has 33 heavy (non-hydrogen) atoms. The van der Waals surface area contributed by atoms with E-state index in [2.05, 4.69) is 26.0 Å². The maximum atomic E-state index is 2.41. The van der Waals surface area contributed by atoms with Gasteiger partial charge in [0.1, 0.15) is 0 Å². The first kappa shape index (κ1) is 32.7. The molecule has 0 aromatic rings. The number of hydrogen-bond acceptors (Lipinski definition) is 0. The summed E-state index contributed by atoms with van der Waals surface area (Å²) in [6.45, 7) is 4.58. The van der Waals surface area contributed by atoms with Crippen LogP contribution in [-0.2, 0) is 0 Å². The third kappa shape index (κ3) is 31.7. The molecule has 198 valence electrons. The Kier molecular flexibility index (Phi) is 31.5. The van der Waals surface area contributed by atoms with Crippen LogP contribution in [0, 0.1) is 0 Å². The predicted molar refractivity (Wildman–Crippen MR) is 154 cm³/mol. The van der Waals surface area contributed by atoms with E-state index >= 15 is 0 Å². The highest BCUT2D eigenvalue weighted by atomic mass is 14.0. The van der Waals surface area contributed by atoms with Crippen molar-refractivity contribution < 1.29 is 0 Å². The van der Waals surface area contributed by atoms with Gasteiger partial charge in [-0.25, -0.2) is 0 Å². The summed E-state index contributed by atoms with van der Waals surface area (Å²) in [7, 11) is 0. The van der Waals surface area contributed by atoms with Crippen molar-refractivity contribution >= 4 is 0 Å². The normalized spacial score (nSPS) is 11.7. The predicted octanol–water partition coefficient (Wildman–Crippen LogP) is 12.9. The van der Waals surface area contributed by atoms with Crippen LogP contribution in [0.5, 0.6) is 0 Å². The van der Waals surface area contributed by atoms with E-state index in [4.69, 9.17) is 0 Å². The molecule has 0 rings (SSSR count).